The number of halogens is 1. The van der Waals surface area contributed by atoms with Gasteiger partial charge in [-0.15, -0.1) is 0 Å². The van der Waals surface area contributed by atoms with Crippen LogP contribution in [0.3, 0.4) is 0 Å². The summed E-state index contributed by atoms with van der Waals surface area (Å²) in [6.45, 7) is 2.94. The summed E-state index contributed by atoms with van der Waals surface area (Å²) in [5, 5.41) is 14.2. The van der Waals surface area contributed by atoms with Crippen LogP contribution in [0.1, 0.15) is 12.8 Å². The number of hydrogen-bond donors (Lipinski definition) is 1. The van der Waals surface area contributed by atoms with Crippen LogP contribution in [-0.2, 0) is 6.54 Å². The van der Waals surface area contributed by atoms with Crippen LogP contribution in [0.5, 0.6) is 5.75 Å². The van der Waals surface area contributed by atoms with Gasteiger partial charge in [-0.1, -0.05) is 0 Å². The van der Waals surface area contributed by atoms with E-state index in [1.54, 1.807) is 23.0 Å². The summed E-state index contributed by atoms with van der Waals surface area (Å²) < 4.78 is 20.5. The van der Waals surface area contributed by atoms with Crippen molar-refractivity contribution < 1.29 is 14.2 Å². The molecule has 1 aromatic carbocycles. The highest BCUT2D eigenvalue weighted by atomic mass is 19.1. The van der Waals surface area contributed by atoms with Gasteiger partial charge in [-0.2, -0.15) is 5.10 Å². The molecule has 1 unspecified atom stereocenters. The molecule has 1 aromatic heterocycles. The second-order valence-electron chi connectivity index (χ2n) is 5.95. The van der Waals surface area contributed by atoms with Gasteiger partial charge in [0.15, 0.2) is 0 Å². The minimum Gasteiger partial charge on any atom is -0.490 e. The Morgan fingerprint density at radius 1 is 1.22 bits per heavy atom. The van der Waals surface area contributed by atoms with Gasteiger partial charge in [0.1, 0.15) is 17.7 Å². The van der Waals surface area contributed by atoms with Gasteiger partial charge in [-0.25, -0.2) is 4.39 Å². The monoisotopic (exact) mass is 319 g/mol. The molecule has 0 amide bonds. The molecule has 5 nitrogen and oxygen atoms in total. The Morgan fingerprint density at radius 2 is 1.96 bits per heavy atom. The van der Waals surface area contributed by atoms with Crippen LogP contribution in [0, 0.1) is 5.82 Å². The third-order valence-corrected chi connectivity index (χ3v) is 4.08. The Morgan fingerprint density at radius 3 is 2.61 bits per heavy atom. The molecule has 0 bridgehead atoms. The fourth-order valence-electron chi connectivity index (χ4n) is 2.90. The Hall–Kier alpha value is -1.92. The molecular weight excluding hydrogens is 297 g/mol. The van der Waals surface area contributed by atoms with Gasteiger partial charge in [0.05, 0.1) is 12.6 Å². The highest BCUT2D eigenvalue weighted by molar-refractivity contribution is 5.22. The Kier molecular flexibility index (Phi) is 5.25. The first-order chi connectivity index (χ1) is 11.2. The molecule has 0 saturated carbocycles. The third kappa shape index (κ3) is 4.77. The number of aromatic nitrogens is 2. The molecular formula is C17H22FN3O2. The van der Waals surface area contributed by atoms with Crippen molar-refractivity contribution >= 4 is 0 Å². The fraction of sp³-hybridized carbons (Fsp3) is 0.471. The molecule has 0 spiro atoms. The number of hydrogen-bond acceptors (Lipinski definition) is 4. The average Bonchev–Trinajstić information content (AvgIpc) is 3.04. The average molecular weight is 319 g/mol. The van der Waals surface area contributed by atoms with Gasteiger partial charge >= 0.3 is 0 Å². The smallest absolute Gasteiger partial charge is 0.123 e. The van der Waals surface area contributed by atoms with Crippen molar-refractivity contribution in [2.45, 2.75) is 31.6 Å². The largest absolute Gasteiger partial charge is 0.490 e. The number of piperidine rings is 1. The summed E-state index contributed by atoms with van der Waals surface area (Å²) in [4.78, 5) is 2.25. The zero-order chi connectivity index (χ0) is 16.1. The predicted molar refractivity (Wildman–Crippen MR) is 84.7 cm³/mol. The van der Waals surface area contributed by atoms with Crippen LogP contribution in [0.4, 0.5) is 4.39 Å². The molecule has 3 rings (SSSR count). The van der Waals surface area contributed by atoms with Crippen LogP contribution >= 0.6 is 0 Å². The molecule has 2 aromatic rings. The number of likely N-dealkylation sites (tertiary alicyclic amines) is 1. The lowest BCUT2D eigenvalue weighted by molar-refractivity contribution is 0.0534. The molecule has 1 saturated heterocycles. The van der Waals surface area contributed by atoms with Gasteiger partial charge in [0.2, 0.25) is 0 Å². The molecule has 0 radical (unpaired) electrons. The van der Waals surface area contributed by atoms with Crippen molar-refractivity contribution in [3.8, 4) is 5.75 Å². The zero-order valence-electron chi connectivity index (χ0n) is 13.0. The number of ether oxygens (including phenoxy) is 1. The molecule has 0 aliphatic carbocycles. The van der Waals surface area contributed by atoms with Gasteiger partial charge in [-0.05, 0) is 43.2 Å². The van der Waals surface area contributed by atoms with E-state index in [0.29, 0.717) is 18.8 Å². The van der Waals surface area contributed by atoms with E-state index in [4.69, 9.17) is 4.74 Å². The lowest BCUT2D eigenvalue weighted by atomic mass is 10.1. The van der Waals surface area contributed by atoms with Crippen LogP contribution in [0.15, 0.2) is 42.7 Å². The van der Waals surface area contributed by atoms with Crippen LogP contribution in [0.25, 0.3) is 0 Å². The SMILES string of the molecule is OC(CN1CCC(Oc2ccc(F)cc2)CC1)Cn1cccn1. The zero-order valence-corrected chi connectivity index (χ0v) is 13.0. The molecule has 124 valence electrons. The van der Waals surface area contributed by atoms with Crippen molar-refractivity contribution in [3.05, 3.63) is 48.5 Å². The topological polar surface area (TPSA) is 50.5 Å². The molecule has 1 fully saturated rings. The summed E-state index contributed by atoms with van der Waals surface area (Å²) in [6, 6.07) is 8.00. The lowest BCUT2D eigenvalue weighted by Gasteiger charge is -2.33. The van der Waals surface area contributed by atoms with Gasteiger partial charge in [-0.3, -0.25) is 4.68 Å². The van der Waals surface area contributed by atoms with E-state index < -0.39 is 6.10 Å². The number of β-amino-alcohol motifs (C(OH)–C–C–N with tert-alkyl or cyclic N) is 1. The van der Waals surface area contributed by atoms with E-state index in [9.17, 15) is 9.50 Å². The summed E-state index contributed by atoms with van der Waals surface area (Å²) >= 11 is 0. The maximum absolute atomic E-state index is 12.9. The van der Waals surface area contributed by atoms with Crippen molar-refractivity contribution in [1.29, 1.82) is 0 Å². The van der Waals surface area contributed by atoms with Crippen molar-refractivity contribution in [3.63, 3.8) is 0 Å². The second-order valence-corrected chi connectivity index (χ2v) is 5.95. The maximum Gasteiger partial charge on any atom is 0.123 e. The summed E-state index contributed by atoms with van der Waals surface area (Å²) in [5.41, 5.74) is 0. The van der Waals surface area contributed by atoms with E-state index in [1.165, 1.54) is 12.1 Å². The van der Waals surface area contributed by atoms with Crippen molar-refractivity contribution in [2.24, 2.45) is 0 Å². The van der Waals surface area contributed by atoms with Crippen molar-refractivity contribution in [2.75, 3.05) is 19.6 Å². The van der Waals surface area contributed by atoms with Crippen LogP contribution < -0.4 is 4.74 Å². The number of aliphatic hydroxyl groups excluding tert-OH is 1. The molecule has 1 aliphatic heterocycles. The molecule has 6 heteroatoms. The van der Waals surface area contributed by atoms with E-state index in [1.807, 2.05) is 12.3 Å². The van der Waals surface area contributed by atoms with E-state index in [0.717, 1.165) is 25.9 Å². The fourth-order valence-corrected chi connectivity index (χ4v) is 2.90. The number of nitrogens with zero attached hydrogens (tertiary/aromatic N) is 3. The predicted octanol–water partition coefficient (Wildman–Crippen LogP) is 1.93. The minimum atomic E-state index is -0.426. The number of rotatable bonds is 6. The highest BCUT2D eigenvalue weighted by Gasteiger charge is 2.22. The normalized spacial score (nSPS) is 18.0. The first-order valence-corrected chi connectivity index (χ1v) is 7.99. The molecule has 23 heavy (non-hydrogen) atoms. The van der Waals surface area contributed by atoms with Gasteiger partial charge in [0, 0.05) is 32.0 Å². The second kappa shape index (κ2) is 7.57. The quantitative estimate of drug-likeness (QED) is 0.884. The van der Waals surface area contributed by atoms with E-state index in [2.05, 4.69) is 10.00 Å². The lowest BCUT2D eigenvalue weighted by Crippen LogP contribution is -2.42. The highest BCUT2D eigenvalue weighted by Crippen LogP contribution is 2.19. The summed E-state index contributed by atoms with van der Waals surface area (Å²) in [7, 11) is 0. The Labute approximate surface area is 135 Å². The number of benzene rings is 1. The number of aliphatic hydroxyl groups is 1. The van der Waals surface area contributed by atoms with Gasteiger partial charge in [0.25, 0.3) is 0 Å². The van der Waals surface area contributed by atoms with Crippen molar-refractivity contribution in [1.82, 2.24) is 14.7 Å². The Bertz CT molecular complexity index is 580. The minimum absolute atomic E-state index is 0.153. The molecule has 2 heterocycles. The van der Waals surface area contributed by atoms with Crippen LogP contribution in [-0.4, -0.2) is 51.6 Å². The standard InChI is InChI=1S/C17H22FN3O2/c18-14-2-4-16(5-3-14)23-17-6-10-20(11-7-17)12-15(22)13-21-9-1-8-19-21/h1-5,8-9,15,17,22H,6-7,10-13H2. The molecule has 1 N–H and O–H groups in total. The maximum atomic E-state index is 12.9. The third-order valence-electron chi connectivity index (χ3n) is 4.08. The van der Waals surface area contributed by atoms with Gasteiger partial charge < -0.3 is 14.7 Å². The Balaban J connectivity index is 1.40. The molecule has 1 atom stereocenters. The first kappa shape index (κ1) is 16.0. The van der Waals surface area contributed by atoms with Crippen LogP contribution in [0.2, 0.25) is 0 Å². The van der Waals surface area contributed by atoms with E-state index >= 15 is 0 Å². The summed E-state index contributed by atoms with van der Waals surface area (Å²) in [5.74, 6) is 0.460. The molecule has 1 aliphatic rings. The summed E-state index contributed by atoms with van der Waals surface area (Å²) in [6.07, 6.45) is 5.11. The first-order valence-electron chi connectivity index (χ1n) is 7.99. The van der Waals surface area contributed by atoms with E-state index in [-0.39, 0.29) is 11.9 Å².